The van der Waals surface area contributed by atoms with E-state index in [1.54, 1.807) is 12.1 Å². The van der Waals surface area contributed by atoms with E-state index in [2.05, 4.69) is 0 Å². The van der Waals surface area contributed by atoms with Gasteiger partial charge in [-0.1, -0.05) is 19.1 Å². The van der Waals surface area contributed by atoms with Crippen LogP contribution < -0.4 is 0 Å². The number of phenols is 1. The fourth-order valence-corrected chi connectivity index (χ4v) is 2.49. The zero-order valence-corrected chi connectivity index (χ0v) is 10.2. The number of hydrogen-bond donors (Lipinski definition) is 1. The number of rotatable bonds is 4. The van der Waals surface area contributed by atoms with Gasteiger partial charge in [-0.15, -0.1) is 0 Å². The molecule has 0 amide bonds. The average molecular weight is 234 g/mol. The molecule has 17 heavy (non-hydrogen) atoms. The Balaban J connectivity index is 2.26. The number of aromatic hydroxyl groups is 1. The van der Waals surface area contributed by atoms with Crippen molar-refractivity contribution in [1.29, 1.82) is 0 Å². The van der Waals surface area contributed by atoms with Crippen LogP contribution in [0.15, 0.2) is 24.3 Å². The van der Waals surface area contributed by atoms with Crippen LogP contribution >= 0.6 is 0 Å². The smallest absolute Gasteiger partial charge is 0.309 e. The molecule has 92 valence electrons. The summed E-state index contributed by atoms with van der Waals surface area (Å²) in [7, 11) is 1.42. The second kappa shape index (κ2) is 4.78. The van der Waals surface area contributed by atoms with E-state index in [-0.39, 0.29) is 23.6 Å². The Morgan fingerprint density at radius 2 is 2.18 bits per heavy atom. The molecule has 0 heterocycles. The highest BCUT2D eigenvalue weighted by Crippen LogP contribution is 2.47. The van der Waals surface area contributed by atoms with Crippen molar-refractivity contribution in [3.63, 3.8) is 0 Å². The van der Waals surface area contributed by atoms with E-state index in [9.17, 15) is 9.90 Å². The molecule has 1 aromatic rings. The van der Waals surface area contributed by atoms with Crippen molar-refractivity contribution >= 4 is 5.97 Å². The Morgan fingerprint density at radius 1 is 1.47 bits per heavy atom. The van der Waals surface area contributed by atoms with Crippen molar-refractivity contribution in [2.24, 2.45) is 11.8 Å². The quantitative estimate of drug-likeness (QED) is 0.815. The summed E-state index contributed by atoms with van der Waals surface area (Å²) in [6.45, 7) is 1.90. The normalized spacial score (nSPS) is 18.5. The first-order valence-corrected chi connectivity index (χ1v) is 6.00. The Kier molecular flexibility index (Phi) is 3.36. The number of carbonyl (C=O) groups excluding carboxylic acids is 1. The van der Waals surface area contributed by atoms with E-state index in [0.717, 1.165) is 18.4 Å². The number of esters is 1. The maximum absolute atomic E-state index is 11.7. The molecule has 2 unspecified atom stereocenters. The lowest BCUT2D eigenvalue weighted by molar-refractivity contribution is -0.145. The number of methoxy groups -OCH3 is 1. The lowest BCUT2D eigenvalue weighted by Crippen LogP contribution is -2.22. The van der Waals surface area contributed by atoms with Crippen molar-refractivity contribution in [3.05, 3.63) is 29.8 Å². The maximum Gasteiger partial charge on any atom is 0.309 e. The maximum atomic E-state index is 11.7. The summed E-state index contributed by atoms with van der Waals surface area (Å²) in [5.74, 6) is 0.630. The van der Waals surface area contributed by atoms with Gasteiger partial charge in [-0.25, -0.2) is 0 Å². The average Bonchev–Trinajstić information content (AvgIpc) is 3.12. The summed E-state index contributed by atoms with van der Waals surface area (Å²) in [6.07, 6.45) is 2.31. The van der Waals surface area contributed by atoms with E-state index in [1.165, 1.54) is 7.11 Å². The van der Waals surface area contributed by atoms with E-state index in [4.69, 9.17) is 4.74 Å². The first kappa shape index (κ1) is 12.0. The largest absolute Gasteiger partial charge is 0.508 e. The fraction of sp³-hybridized carbons (Fsp3) is 0.500. The molecular weight excluding hydrogens is 216 g/mol. The molecule has 1 N–H and O–H groups in total. The standard InChI is InChI=1S/C14H18O3/c1-9(14(16)17-2)13(10-6-7-10)11-4-3-5-12(15)8-11/h3-5,8-10,13,15H,6-7H2,1-2H3. The highest BCUT2D eigenvalue weighted by Gasteiger charge is 2.39. The van der Waals surface area contributed by atoms with Gasteiger partial charge in [0.05, 0.1) is 13.0 Å². The van der Waals surface area contributed by atoms with E-state index in [1.807, 2.05) is 19.1 Å². The van der Waals surface area contributed by atoms with Crippen LogP contribution in [0.2, 0.25) is 0 Å². The minimum absolute atomic E-state index is 0.158. The molecule has 0 spiro atoms. The Morgan fingerprint density at radius 3 is 2.71 bits per heavy atom. The van der Waals surface area contributed by atoms with Crippen LogP contribution in [0, 0.1) is 11.8 Å². The lowest BCUT2D eigenvalue weighted by atomic mass is 9.83. The second-order valence-corrected chi connectivity index (χ2v) is 4.77. The van der Waals surface area contributed by atoms with Gasteiger partial charge in [0.2, 0.25) is 0 Å². The first-order valence-electron chi connectivity index (χ1n) is 6.00. The van der Waals surface area contributed by atoms with Crippen LogP contribution in [-0.4, -0.2) is 18.2 Å². The molecule has 1 saturated carbocycles. The molecule has 1 aliphatic rings. The van der Waals surface area contributed by atoms with Gasteiger partial charge < -0.3 is 9.84 Å². The van der Waals surface area contributed by atoms with Crippen molar-refractivity contribution in [1.82, 2.24) is 0 Å². The minimum atomic E-state index is -0.176. The van der Waals surface area contributed by atoms with Crippen LogP contribution in [0.5, 0.6) is 5.75 Å². The van der Waals surface area contributed by atoms with Gasteiger partial charge >= 0.3 is 5.97 Å². The number of hydrogen-bond acceptors (Lipinski definition) is 3. The number of carbonyl (C=O) groups is 1. The molecule has 1 aromatic carbocycles. The molecule has 0 aliphatic heterocycles. The van der Waals surface area contributed by atoms with Gasteiger partial charge in [-0.3, -0.25) is 4.79 Å². The van der Waals surface area contributed by atoms with Gasteiger partial charge in [0.1, 0.15) is 5.75 Å². The molecule has 3 heteroatoms. The second-order valence-electron chi connectivity index (χ2n) is 4.77. The van der Waals surface area contributed by atoms with Gasteiger partial charge in [-0.05, 0) is 42.4 Å². The van der Waals surface area contributed by atoms with Crippen molar-refractivity contribution in [3.8, 4) is 5.75 Å². The van der Waals surface area contributed by atoms with Crippen LogP contribution in [0.4, 0.5) is 0 Å². The highest BCUT2D eigenvalue weighted by atomic mass is 16.5. The topological polar surface area (TPSA) is 46.5 Å². The van der Waals surface area contributed by atoms with E-state index in [0.29, 0.717) is 5.92 Å². The molecule has 1 aliphatic carbocycles. The molecule has 1 fully saturated rings. The van der Waals surface area contributed by atoms with Gasteiger partial charge in [0.25, 0.3) is 0 Å². The Bertz CT molecular complexity index is 410. The summed E-state index contributed by atoms with van der Waals surface area (Å²) in [5, 5.41) is 9.53. The fourth-order valence-electron chi connectivity index (χ4n) is 2.49. The van der Waals surface area contributed by atoms with Crippen LogP contribution in [0.1, 0.15) is 31.2 Å². The third kappa shape index (κ3) is 2.60. The van der Waals surface area contributed by atoms with Crippen LogP contribution in [0.25, 0.3) is 0 Å². The van der Waals surface area contributed by atoms with Gasteiger partial charge in [-0.2, -0.15) is 0 Å². The predicted molar refractivity (Wildman–Crippen MR) is 64.8 cm³/mol. The summed E-state index contributed by atoms with van der Waals surface area (Å²) in [4.78, 5) is 11.7. The molecule has 2 atom stereocenters. The molecule has 0 radical (unpaired) electrons. The van der Waals surface area contributed by atoms with Gasteiger partial charge in [0, 0.05) is 0 Å². The van der Waals surface area contributed by atoms with E-state index >= 15 is 0 Å². The third-order valence-corrected chi connectivity index (χ3v) is 3.50. The summed E-state index contributed by atoms with van der Waals surface area (Å²) < 4.78 is 4.82. The molecule has 3 nitrogen and oxygen atoms in total. The SMILES string of the molecule is COC(=O)C(C)C(c1cccc(O)c1)C1CC1. The summed E-state index contributed by atoms with van der Waals surface area (Å²) in [6, 6.07) is 7.20. The first-order chi connectivity index (χ1) is 8.13. The predicted octanol–water partition coefficient (Wildman–Crippen LogP) is 2.69. The minimum Gasteiger partial charge on any atom is -0.508 e. The van der Waals surface area contributed by atoms with Crippen LogP contribution in [0.3, 0.4) is 0 Å². The van der Waals surface area contributed by atoms with E-state index < -0.39 is 0 Å². The Labute approximate surface area is 101 Å². The lowest BCUT2D eigenvalue weighted by Gasteiger charge is -2.22. The van der Waals surface area contributed by atoms with Crippen molar-refractivity contribution < 1.29 is 14.6 Å². The number of ether oxygens (including phenoxy) is 1. The van der Waals surface area contributed by atoms with Crippen molar-refractivity contribution in [2.45, 2.75) is 25.7 Å². The van der Waals surface area contributed by atoms with Crippen molar-refractivity contribution in [2.75, 3.05) is 7.11 Å². The third-order valence-electron chi connectivity index (χ3n) is 3.50. The zero-order valence-electron chi connectivity index (χ0n) is 10.2. The monoisotopic (exact) mass is 234 g/mol. The summed E-state index contributed by atoms with van der Waals surface area (Å²) >= 11 is 0. The zero-order chi connectivity index (χ0) is 12.4. The highest BCUT2D eigenvalue weighted by molar-refractivity contribution is 5.73. The van der Waals surface area contributed by atoms with Gasteiger partial charge in [0.15, 0.2) is 0 Å². The number of phenolic OH excluding ortho intramolecular Hbond substituents is 1. The molecular formula is C14H18O3. The summed E-state index contributed by atoms with van der Waals surface area (Å²) in [5.41, 5.74) is 1.03. The molecule has 0 aromatic heterocycles. The van der Waals surface area contributed by atoms with Crippen LogP contribution in [-0.2, 0) is 9.53 Å². The molecule has 2 rings (SSSR count). The number of benzene rings is 1. The molecule has 0 saturated heterocycles. The molecule has 0 bridgehead atoms. The Hall–Kier alpha value is -1.51.